The SMILES string of the molecule is CNC(=O)OCc1cn(S(=O)(=O)c2cccc(OC(F)F)c2)c2cc(Br)ccc12. The molecule has 0 atom stereocenters. The lowest BCUT2D eigenvalue weighted by Crippen LogP contribution is -2.18. The van der Waals surface area contributed by atoms with Gasteiger partial charge in [-0.3, -0.25) is 0 Å². The predicted molar refractivity (Wildman–Crippen MR) is 105 cm³/mol. The number of carbonyl (C=O) groups is 1. The van der Waals surface area contributed by atoms with Gasteiger partial charge in [0, 0.05) is 34.7 Å². The molecule has 7 nitrogen and oxygen atoms in total. The molecule has 0 spiro atoms. The van der Waals surface area contributed by atoms with Crippen molar-refractivity contribution in [3.8, 4) is 5.75 Å². The number of hydrogen-bond donors (Lipinski definition) is 1. The number of aromatic nitrogens is 1. The van der Waals surface area contributed by atoms with Crippen LogP contribution in [0.25, 0.3) is 10.9 Å². The fourth-order valence-electron chi connectivity index (χ4n) is 2.69. The van der Waals surface area contributed by atoms with Crippen molar-refractivity contribution in [3.63, 3.8) is 0 Å². The number of nitrogens with zero attached hydrogens (tertiary/aromatic N) is 1. The van der Waals surface area contributed by atoms with E-state index in [0.29, 0.717) is 20.9 Å². The van der Waals surface area contributed by atoms with Crippen LogP contribution in [0.15, 0.2) is 58.0 Å². The maximum absolute atomic E-state index is 13.2. The van der Waals surface area contributed by atoms with Crippen LogP contribution in [0.2, 0.25) is 0 Å². The normalized spacial score (nSPS) is 11.6. The molecule has 3 aromatic rings. The first-order valence-corrected chi connectivity index (χ1v) is 10.4. The predicted octanol–water partition coefficient (Wildman–Crippen LogP) is 4.10. The monoisotopic (exact) mass is 488 g/mol. The number of alkyl halides is 2. The Kier molecular flexibility index (Phi) is 6.08. The van der Waals surface area contributed by atoms with Crippen LogP contribution < -0.4 is 10.1 Å². The Balaban J connectivity index is 2.10. The van der Waals surface area contributed by atoms with Crippen LogP contribution in [-0.4, -0.2) is 32.1 Å². The van der Waals surface area contributed by atoms with Gasteiger partial charge in [-0.05, 0) is 24.3 Å². The van der Waals surface area contributed by atoms with Gasteiger partial charge >= 0.3 is 12.7 Å². The Morgan fingerprint density at radius 3 is 2.69 bits per heavy atom. The molecule has 0 fully saturated rings. The van der Waals surface area contributed by atoms with Crippen molar-refractivity contribution in [1.82, 2.24) is 9.29 Å². The van der Waals surface area contributed by atoms with Gasteiger partial charge in [0.2, 0.25) is 0 Å². The molecule has 29 heavy (non-hydrogen) atoms. The summed E-state index contributed by atoms with van der Waals surface area (Å²) in [5, 5.41) is 2.86. The van der Waals surface area contributed by atoms with Crippen LogP contribution in [0.1, 0.15) is 5.56 Å². The van der Waals surface area contributed by atoms with Crippen LogP contribution in [0.4, 0.5) is 13.6 Å². The van der Waals surface area contributed by atoms with E-state index in [1.165, 1.54) is 31.4 Å². The highest BCUT2D eigenvalue weighted by Crippen LogP contribution is 2.30. The molecule has 11 heteroatoms. The second-order valence-corrected chi connectivity index (χ2v) is 8.53. The number of halogens is 3. The van der Waals surface area contributed by atoms with E-state index in [9.17, 15) is 22.0 Å². The van der Waals surface area contributed by atoms with Crippen LogP contribution in [0, 0.1) is 0 Å². The van der Waals surface area contributed by atoms with Crippen molar-refractivity contribution in [2.45, 2.75) is 18.1 Å². The van der Waals surface area contributed by atoms with E-state index in [4.69, 9.17) is 4.74 Å². The zero-order chi connectivity index (χ0) is 21.2. The molecule has 0 radical (unpaired) electrons. The second-order valence-electron chi connectivity index (χ2n) is 5.80. The van der Waals surface area contributed by atoms with Gasteiger partial charge in [0.25, 0.3) is 10.0 Å². The summed E-state index contributed by atoms with van der Waals surface area (Å²) >= 11 is 3.30. The molecule has 0 aliphatic carbocycles. The van der Waals surface area contributed by atoms with E-state index in [0.717, 1.165) is 10.0 Å². The molecule has 2 aromatic carbocycles. The Morgan fingerprint density at radius 1 is 1.24 bits per heavy atom. The lowest BCUT2D eigenvalue weighted by molar-refractivity contribution is -0.0500. The van der Waals surface area contributed by atoms with Gasteiger partial charge < -0.3 is 14.8 Å². The quantitative estimate of drug-likeness (QED) is 0.564. The van der Waals surface area contributed by atoms with E-state index >= 15 is 0 Å². The van der Waals surface area contributed by atoms with Gasteiger partial charge in [0.1, 0.15) is 12.4 Å². The third-order valence-electron chi connectivity index (χ3n) is 3.97. The molecule has 0 aliphatic rings. The highest BCUT2D eigenvalue weighted by molar-refractivity contribution is 9.10. The van der Waals surface area contributed by atoms with Crippen molar-refractivity contribution in [2.75, 3.05) is 7.05 Å². The van der Waals surface area contributed by atoms with Crippen LogP contribution >= 0.6 is 15.9 Å². The molecular formula is C18H15BrF2N2O5S. The van der Waals surface area contributed by atoms with Crippen molar-refractivity contribution in [1.29, 1.82) is 0 Å². The lowest BCUT2D eigenvalue weighted by Gasteiger charge is -2.10. The lowest BCUT2D eigenvalue weighted by atomic mass is 10.2. The number of alkyl carbamates (subject to hydrolysis) is 1. The highest BCUT2D eigenvalue weighted by atomic mass is 79.9. The molecule has 1 N–H and O–H groups in total. The summed E-state index contributed by atoms with van der Waals surface area (Å²) < 4.78 is 62.3. The number of benzene rings is 2. The summed E-state index contributed by atoms with van der Waals surface area (Å²) in [5.74, 6) is -0.276. The molecule has 0 bridgehead atoms. The first-order valence-electron chi connectivity index (χ1n) is 8.17. The number of fused-ring (bicyclic) bond motifs is 1. The summed E-state index contributed by atoms with van der Waals surface area (Å²) in [6.45, 7) is -3.24. The molecule has 0 aliphatic heterocycles. The van der Waals surface area contributed by atoms with E-state index < -0.39 is 22.7 Å². The summed E-state index contributed by atoms with van der Waals surface area (Å²) in [6.07, 6.45) is 0.665. The van der Waals surface area contributed by atoms with Crippen molar-refractivity contribution in [2.24, 2.45) is 0 Å². The molecular weight excluding hydrogens is 474 g/mol. The Bertz CT molecular complexity index is 1160. The zero-order valence-corrected chi connectivity index (χ0v) is 17.3. The van der Waals surface area contributed by atoms with E-state index in [1.54, 1.807) is 18.2 Å². The molecule has 0 saturated carbocycles. The average molecular weight is 489 g/mol. The van der Waals surface area contributed by atoms with Crippen LogP contribution in [0.5, 0.6) is 5.75 Å². The molecule has 0 unspecified atom stereocenters. The zero-order valence-electron chi connectivity index (χ0n) is 14.9. The van der Waals surface area contributed by atoms with Gasteiger partial charge in [-0.2, -0.15) is 8.78 Å². The minimum Gasteiger partial charge on any atom is -0.445 e. The Hall–Kier alpha value is -2.66. The fraction of sp³-hybridized carbons (Fsp3) is 0.167. The summed E-state index contributed by atoms with van der Waals surface area (Å²) in [5.41, 5.74) is 0.787. The largest absolute Gasteiger partial charge is 0.445 e. The Labute approximate surface area is 173 Å². The number of hydrogen-bond acceptors (Lipinski definition) is 5. The van der Waals surface area contributed by atoms with E-state index in [2.05, 4.69) is 26.0 Å². The number of amides is 1. The molecule has 3 rings (SSSR count). The first-order chi connectivity index (χ1) is 13.7. The number of rotatable bonds is 6. The average Bonchev–Trinajstić information content (AvgIpc) is 3.04. The van der Waals surface area contributed by atoms with Gasteiger partial charge in [-0.15, -0.1) is 0 Å². The van der Waals surface area contributed by atoms with Crippen molar-refractivity contribution < 1.29 is 31.5 Å². The third-order valence-corrected chi connectivity index (χ3v) is 6.13. The topological polar surface area (TPSA) is 86.6 Å². The molecule has 0 saturated heterocycles. The maximum Gasteiger partial charge on any atom is 0.407 e. The maximum atomic E-state index is 13.2. The van der Waals surface area contributed by atoms with Gasteiger partial charge in [-0.1, -0.05) is 28.1 Å². The molecule has 154 valence electrons. The van der Waals surface area contributed by atoms with Crippen molar-refractivity contribution >= 4 is 42.9 Å². The van der Waals surface area contributed by atoms with E-state index in [1.807, 2.05) is 0 Å². The van der Waals surface area contributed by atoms with Crippen LogP contribution in [0.3, 0.4) is 0 Å². The van der Waals surface area contributed by atoms with Gasteiger partial charge in [0.15, 0.2) is 0 Å². The molecule has 1 amide bonds. The van der Waals surface area contributed by atoms with Gasteiger partial charge in [-0.25, -0.2) is 17.2 Å². The number of ether oxygens (including phenoxy) is 2. The second kappa shape index (κ2) is 8.37. The summed E-state index contributed by atoms with van der Waals surface area (Å²) in [4.78, 5) is 11.2. The highest BCUT2D eigenvalue weighted by Gasteiger charge is 2.23. The van der Waals surface area contributed by atoms with Gasteiger partial charge in [0.05, 0.1) is 10.4 Å². The molecule has 1 aromatic heterocycles. The molecule has 1 heterocycles. The summed E-state index contributed by atoms with van der Waals surface area (Å²) in [6, 6.07) is 9.84. The Morgan fingerprint density at radius 2 is 2.00 bits per heavy atom. The minimum atomic E-state index is -4.15. The van der Waals surface area contributed by atoms with E-state index in [-0.39, 0.29) is 17.3 Å². The van der Waals surface area contributed by atoms with Crippen molar-refractivity contribution in [3.05, 3.63) is 58.7 Å². The fourth-order valence-corrected chi connectivity index (χ4v) is 4.46. The van der Waals surface area contributed by atoms with Crippen LogP contribution in [-0.2, 0) is 21.4 Å². The number of carbonyl (C=O) groups excluding carboxylic acids is 1. The summed E-state index contributed by atoms with van der Waals surface area (Å²) in [7, 11) is -2.74. The standard InChI is InChI=1S/C18H15BrF2N2O5S/c1-22-18(24)27-10-11-9-23(16-7-12(19)5-6-15(11)16)29(25,26)14-4-2-3-13(8-14)28-17(20)21/h2-9,17H,10H2,1H3,(H,22,24). The third kappa shape index (κ3) is 4.51. The minimum absolute atomic E-state index is 0.158. The smallest absolute Gasteiger partial charge is 0.407 e. The number of nitrogens with one attached hydrogen (secondary N) is 1. The first kappa shape index (κ1) is 21.1.